The fourth-order valence-electron chi connectivity index (χ4n) is 3.15. The smallest absolute Gasteiger partial charge is 0.0483 e. The highest BCUT2D eigenvalue weighted by atomic mass is 16.3. The van der Waals surface area contributed by atoms with Gasteiger partial charge in [0.05, 0.1) is 0 Å². The van der Waals surface area contributed by atoms with Crippen molar-refractivity contribution in [1.29, 1.82) is 0 Å². The molecule has 0 saturated heterocycles. The van der Waals surface area contributed by atoms with Gasteiger partial charge in [0, 0.05) is 19.1 Å². The van der Waals surface area contributed by atoms with Gasteiger partial charge in [0.15, 0.2) is 0 Å². The van der Waals surface area contributed by atoms with Crippen molar-refractivity contribution in [2.75, 3.05) is 13.2 Å². The molecular weight excluding hydrogens is 188 g/mol. The lowest BCUT2D eigenvalue weighted by Crippen LogP contribution is -2.36. The first kappa shape index (κ1) is 13.0. The van der Waals surface area contributed by atoms with Crippen molar-refractivity contribution in [2.24, 2.45) is 29.6 Å². The summed E-state index contributed by atoms with van der Waals surface area (Å²) >= 11 is 0. The van der Waals surface area contributed by atoms with Gasteiger partial charge < -0.3 is 10.2 Å². The molecule has 0 aliphatic heterocycles. The Labute approximate surface area is 93.7 Å². The highest BCUT2D eigenvalue weighted by molar-refractivity contribution is 4.84. The van der Waals surface area contributed by atoms with E-state index in [1.165, 1.54) is 19.3 Å². The van der Waals surface area contributed by atoms with Crippen LogP contribution in [0.1, 0.15) is 40.0 Å². The quantitative estimate of drug-likeness (QED) is 0.754. The van der Waals surface area contributed by atoms with Gasteiger partial charge in [-0.05, 0) is 36.5 Å². The molecule has 0 bridgehead atoms. The van der Waals surface area contributed by atoms with Gasteiger partial charge in [-0.2, -0.15) is 0 Å². The number of rotatable bonds is 4. The lowest BCUT2D eigenvalue weighted by Gasteiger charge is -2.40. The van der Waals surface area contributed by atoms with Crippen molar-refractivity contribution < 1.29 is 10.2 Å². The van der Waals surface area contributed by atoms with Gasteiger partial charge in [-0.25, -0.2) is 0 Å². The zero-order chi connectivity index (χ0) is 11.4. The molecule has 1 aliphatic rings. The Bertz CT molecular complexity index is 175. The molecule has 1 fully saturated rings. The molecule has 0 spiro atoms. The van der Waals surface area contributed by atoms with E-state index in [4.69, 9.17) is 0 Å². The molecule has 1 saturated carbocycles. The third-order valence-corrected chi connectivity index (χ3v) is 4.15. The Kier molecular flexibility index (Phi) is 5.07. The number of aliphatic hydroxyl groups excluding tert-OH is 2. The van der Waals surface area contributed by atoms with E-state index in [2.05, 4.69) is 20.8 Å². The molecule has 2 heteroatoms. The molecule has 90 valence electrons. The van der Waals surface area contributed by atoms with Crippen LogP contribution in [0.2, 0.25) is 0 Å². The number of aliphatic hydroxyl groups is 2. The van der Waals surface area contributed by atoms with E-state index in [1.807, 2.05) is 0 Å². The van der Waals surface area contributed by atoms with E-state index in [0.717, 1.165) is 5.92 Å². The Morgan fingerprint density at radius 2 is 1.67 bits per heavy atom. The third-order valence-electron chi connectivity index (χ3n) is 4.15. The fourth-order valence-corrected chi connectivity index (χ4v) is 3.15. The van der Waals surface area contributed by atoms with Crippen LogP contribution in [0.15, 0.2) is 0 Å². The molecule has 0 aromatic rings. The normalized spacial score (nSPS) is 32.6. The molecule has 2 nitrogen and oxygen atoms in total. The molecule has 0 heterocycles. The minimum absolute atomic E-state index is 0.0974. The van der Waals surface area contributed by atoms with Crippen molar-refractivity contribution in [3.8, 4) is 0 Å². The van der Waals surface area contributed by atoms with Crippen LogP contribution >= 0.6 is 0 Å². The Morgan fingerprint density at radius 1 is 1.07 bits per heavy atom. The second-order valence-corrected chi connectivity index (χ2v) is 5.62. The first-order valence-corrected chi connectivity index (χ1v) is 6.31. The van der Waals surface area contributed by atoms with Crippen LogP contribution in [-0.2, 0) is 0 Å². The summed E-state index contributed by atoms with van der Waals surface area (Å²) in [4.78, 5) is 0. The lowest BCUT2D eigenvalue weighted by atomic mass is 9.66. The molecule has 0 amide bonds. The van der Waals surface area contributed by atoms with Gasteiger partial charge in [-0.3, -0.25) is 0 Å². The molecule has 1 rings (SSSR count). The summed E-state index contributed by atoms with van der Waals surface area (Å²) in [5.74, 6) is 2.73. The van der Waals surface area contributed by atoms with Crippen molar-refractivity contribution in [1.82, 2.24) is 0 Å². The number of hydrogen-bond donors (Lipinski definition) is 2. The first-order valence-electron chi connectivity index (χ1n) is 6.31. The van der Waals surface area contributed by atoms with Gasteiger partial charge >= 0.3 is 0 Å². The van der Waals surface area contributed by atoms with Crippen LogP contribution in [-0.4, -0.2) is 23.4 Å². The van der Waals surface area contributed by atoms with Gasteiger partial charge in [0.2, 0.25) is 0 Å². The Balaban J connectivity index is 2.68. The molecule has 3 atom stereocenters. The third kappa shape index (κ3) is 3.18. The molecule has 2 N–H and O–H groups in total. The summed E-state index contributed by atoms with van der Waals surface area (Å²) < 4.78 is 0. The zero-order valence-electron chi connectivity index (χ0n) is 10.3. The molecule has 15 heavy (non-hydrogen) atoms. The monoisotopic (exact) mass is 214 g/mol. The van der Waals surface area contributed by atoms with Crippen molar-refractivity contribution >= 4 is 0 Å². The standard InChI is InChI=1S/C13H26O2/c1-9(2)12-5-4-10(3)6-13(12)11(7-14)8-15/h9-15H,4-8H2,1-3H3. The van der Waals surface area contributed by atoms with Crippen molar-refractivity contribution in [2.45, 2.75) is 40.0 Å². The van der Waals surface area contributed by atoms with Gasteiger partial charge in [0.25, 0.3) is 0 Å². The maximum absolute atomic E-state index is 9.30. The van der Waals surface area contributed by atoms with Crippen LogP contribution in [0.3, 0.4) is 0 Å². The van der Waals surface area contributed by atoms with Crippen LogP contribution in [0.25, 0.3) is 0 Å². The zero-order valence-corrected chi connectivity index (χ0v) is 10.3. The summed E-state index contributed by atoms with van der Waals surface area (Å²) in [6.07, 6.45) is 3.75. The molecule has 1 aliphatic carbocycles. The van der Waals surface area contributed by atoms with E-state index in [9.17, 15) is 10.2 Å². The van der Waals surface area contributed by atoms with E-state index >= 15 is 0 Å². The molecule has 0 aromatic carbocycles. The van der Waals surface area contributed by atoms with E-state index in [0.29, 0.717) is 17.8 Å². The van der Waals surface area contributed by atoms with Gasteiger partial charge in [-0.15, -0.1) is 0 Å². The van der Waals surface area contributed by atoms with Gasteiger partial charge in [0.1, 0.15) is 0 Å². The second-order valence-electron chi connectivity index (χ2n) is 5.62. The van der Waals surface area contributed by atoms with Crippen LogP contribution in [0.5, 0.6) is 0 Å². The Hall–Kier alpha value is -0.0800. The fraction of sp³-hybridized carbons (Fsp3) is 1.00. The number of hydrogen-bond acceptors (Lipinski definition) is 2. The van der Waals surface area contributed by atoms with Crippen LogP contribution < -0.4 is 0 Å². The average Bonchev–Trinajstić information content (AvgIpc) is 2.19. The first-order chi connectivity index (χ1) is 7.10. The highest BCUT2D eigenvalue weighted by Gasteiger charge is 2.35. The van der Waals surface area contributed by atoms with Crippen LogP contribution in [0.4, 0.5) is 0 Å². The van der Waals surface area contributed by atoms with E-state index in [-0.39, 0.29) is 19.1 Å². The highest BCUT2D eigenvalue weighted by Crippen LogP contribution is 2.41. The lowest BCUT2D eigenvalue weighted by molar-refractivity contribution is 0.0273. The second kappa shape index (κ2) is 5.86. The molecular formula is C13H26O2. The van der Waals surface area contributed by atoms with E-state index < -0.39 is 0 Å². The SMILES string of the molecule is CC1CCC(C(C)C)C(C(CO)CO)C1. The maximum atomic E-state index is 9.30. The molecule has 0 aromatic heterocycles. The molecule has 0 radical (unpaired) electrons. The van der Waals surface area contributed by atoms with Crippen molar-refractivity contribution in [3.63, 3.8) is 0 Å². The summed E-state index contributed by atoms with van der Waals surface area (Å²) in [5, 5.41) is 18.6. The summed E-state index contributed by atoms with van der Waals surface area (Å²) in [6.45, 7) is 7.09. The van der Waals surface area contributed by atoms with E-state index in [1.54, 1.807) is 0 Å². The van der Waals surface area contributed by atoms with Crippen LogP contribution in [0, 0.1) is 29.6 Å². The minimum atomic E-state index is 0.0974. The predicted molar refractivity (Wildman–Crippen MR) is 62.5 cm³/mol. The largest absolute Gasteiger partial charge is 0.396 e. The van der Waals surface area contributed by atoms with Crippen molar-refractivity contribution in [3.05, 3.63) is 0 Å². The topological polar surface area (TPSA) is 40.5 Å². The summed E-state index contributed by atoms with van der Waals surface area (Å²) in [7, 11) is 0. The summed E-state index contributed by atoms with van der Waals surface area (Å²) in [6, 6.07) is 0. The minimum Gasteiger partial charge on any atom is -0.396 e. The molecule has 3 unspecified atom stereocenters. The summed E-state index contributed by atoms with van der Waals surface area (Å²) in [5.41, 5.74) is 0. The average molecular weight is 214 g/mol. The maximum Gasteiger partial charge on any atom is 0.0483 e. The van der Waals surface area contributed by atoms with Gasteiger partial charge in [-0.1, -0.05) is 27.2 Å². The Morgan fingerprint density at radius 3 is 2.13 bits per heavy atom. The predicted octanol–water partition coefficient (Wildman–Crippen LogP) is 2.30.